The fourth-order valence-electron chi connectivity index (χ4n) is 4.50. The lowest BCUT2D eigenvalue weighted by molar-refractivity contribution is 0.0599. The van der Waals surface area contributed by atoms with Crippen LogP contribution in [0.1, 0.15) is 24.0 Å². The molecule has 34 heavy (non-hydrogen) atoms. The molecule has 0 saturated carbocycles. The van der Waals surface area contributed by atoms with Crippen LogP contribution in [0.2, 0.25) is 0 Å². The van der Waals surface area contributed by atoms with Crippen molar-refractivity contribution in [1.29, 1.82) is 0 Å². The minimum absolute atomic E-state index is 0.177. The SMILES string of the molecule is CS(=O)(=O)NC1CCCN(C(=O)OCc2ccccc2)C1Cc1cccc(-c2ccccc2)c1. The molecule has 7 heteroatoms. The Morgan fingerprint density at radius 3 is 2.29 bits per heavy atom. The molecule has 0 aliphatic carbocycles. The Morgan fingerprint density at radius 1 is 0.941 bits per heavy atom. The zero-order valence-electron chi connectivity index (χ0n) is 19.3. The van der Waals surface area contributed by atoms with Gasteiger partial charge in [0.05, 0.1) is 12.3 Å². The number of piperidine rings is 1. The van der Waals surface area contributed by atoms with E-state index in [0.717, 1.165) is 28.5 Å². The second-order valence-electron chi connectivity index (χ2n) is 8.71. The van der Waals surface area contributed by atoms with Gasteiger partial charge in [0.25, 0.3) is 0 Å². The van der Waals surface area contributed by atoms with Crippen molar-refractivity contribution >= 4 is 16.1 Å². The largest absolute Gasteiger partial charge is 0.445 e. The molecule has 1 aliphatic rings. The predicted octanol–water partition coefficient (Wildman–Crippen LogP) is 4.62. The monoisotopic (exact) mass is 478 g/mol. The van der Waals surface area contributed by atoms with Crippen molar-refractivity contribution < 1.29 is 17.9 Å². The summed E-state index contributed by atoms with van der Waals surface area (Å²) in [6.45, 7) is 0.704. The molecule has 3 aromatic rings. The van der Waals surface area contributed by atoms with Gasteiger partial charge in [0.2, 0.25) is 10.0 Å². The Labute approximate surface area is 201 Å². The highest BCUT2D eigenvalue weighted by Crippen LogP contribution is 2.26. The van der Waals surface area contributed by atoms with Crippen molar-refractivity contribution in [3.8, 4) is 11.1 Å². The van der Waals surface area contributed by atoms with Gasteiger partial charge in [-0.25, -0.2) is 17.9 Å². The number of amides is 1. The average Bonchev–Trinajstić information content (AvgIpc) is 2.84. The number of benzene rings is 3. The van der Waals surface area contributed by atoms with E-state index < -0.39 is 16.1 Å². The molecule has 6 nitrogen and oxygen atoms in total. The number of nitrogens with zero attached hydrogens (tertiary/aromatic N) is 1. The van der Waals surface area contributed by atoms with Gasteiger partial charge in [0.1, 0.15) is 6.61 Å². The fraction of sp³-hybridized carbons (Fsp3) is 0.296. The number of carbonyl (C=O) groups excluding carboxylic acids is 1. The summed E-state index contributed by atoms with van der Waals surface area (Å²) >= 11 is 0. The molecule has 1 N–H and O–H groups in total. The van der Waals surface area contributed by atoms with E-state index in [1.807, 2.05) is 60.7 Å². The molecule has 1 saturated heterocycles. The van der Waals surface area contributed by atoms with Crippen LogP contribution in [0.4, 0.5) is 4.79 Å². The van der Waals surface area contributed by atoms with Crippen LogP contribution >= 0.6 is 0 Å². The van der Waals surface area contributed by atoms with Crippen LogP contribution < -0.4 is 4.72 Å². The first-order valence-electron chi connectivity index (χ1n) is 11.5. The molecule has 178 valence electrons. The molecule has 1 amide bonds. The van der Waals surface area contributed by atoms with Crippen molar-refractivity contribution in [2.45, 2.75) is 38.0 Å². The van der Waals surface area contributed by atoms with E-state index in [-0.39, 0.29) is 18.7 Å². The number of ether oxygens (including phenoxy) is 1. The van der Waals surface area contributed by atoms with Gasteiger partial charge < -0.3 is 9.64 Å². The fourth-order valence-corrected chi connectivity index (χ4v) is 5.33. The van der Waals surface area contributed by atoms with Crippen molar-refractivity contribution in [2.75, 3.05) is 12.8 Å². The average molecular weight is 479 g/mol. The van der Waals surface area contributed by atoms with E-state index in [1.165, 1.54) is 0 Å². The van der Waals surface area contributed by atoms with E-state index >= 15 is 0 Å². The van der Waals surface area contributed by atoms with Crippen LogP contribution in [-0.4, -0.2) is 44.3 Å². The second-order valence-corrected chi connectivity index (χ2v) is 10.5. The number of hydrogen-bond donors (Lipinski definition) is 1. The Bertz CT molecular complexity index is 1200. The molecule has 0 radical (unpaired) electrons. The summed E-state index contributed by atoms with van der Waals surface area (Å²) in [5.74, 6) is 0. The maximum absolute atomic E-state index is 13.1. The maximum Gasteiger partial charge on any atom is 0.410 e. The molecule has 0 bridgehead atoms. The number of hydrogen-bond acceptors (Lipinski definition) is 4. The molecule has 2 unspecified atom stereocenters. The highest BCUT2D eigenvalue weighted by atomic mass is 32.2. The minimum atomic E-state index is -3.43. The van der Waals surface area contributed by atoms with E-state index in [0.29, 0.717) is 25.8 Å². The van der Waals surface area contributed by atoms with Crippen LogP contribution in [0.5, 0.6) is 0 Å². The summed E-state index contributed by atoms with van der Waals surface area (Å²) in [4.78, 5) is 14.8. The normalized spacial score (nSPS) is 18.4. The Hall–Kier alpha value is -3.16. The molecular weight excluding hydrogens is 448 g/mol. The number of sulfonamides is 1. The zero-order valence-corrected chi connectivity index (χ0v) is 20.1. The highest BCUT2D eigenvalue weighted by molar-refractivity contribution is 7.88. The highest BCUT2D eigenvalue weighted by Gasteiger charge is 2.36. The maximum atomic E-state index is 13.1. The summed E-state index contributed by atoms with van der Waals surface area (Å²) in [5, 5.41) is 0. The van der Waals surface area contributed by atoms with E-state index in [4.69, 9.17) is 4.74 Å². The van der Waals surface area contributed by atoms with Crippen LogP contribution in [0.15, 0.2) is 84.9 Å². The Morgan fingerprint density at radius 2 is 1.59 bits per heavy atom. The standard InChI is InChI=1S/C27H30N2O4S/c1-34(31,32)28-25-16-9-17-29(27(30)33-20-21-10-4-2-5-11-21)26(25)19-22-12-8-15-24(18-22)23-13-6-3-7-14-23/h2-8,10-15,18,25-26,28H,9,16-17,19-20H2,1H3. The summed E-state index contributed by atoms with van der Waals surface area (Å²) in [7, 11) is -3.43. The van der Waals surface area contributed by atoms with Crippen molar-refractivity contribution in [3.63, 3.8) is 0 Å². The molecule has 4 rings (SSSR count). The first-order chi connectivity index (χ1) is 16.4. The minimum Gasteiger partial charge on any atom is -0.445 e. The molecule has 2 atom stereocenters. The van der Waals surface area contributed by atoms with E-state index in [1.54, 1.807) is 4.90 Å². The Kier molecular flexibility index (Phi) is 7.65. The summed E-state index contributed by atoms with van der Waals surface area (Å²) < 4.78 is 32.5. The lowest BCUT2D eigenvalue weighted by atomic mass is 9.90. The number of carbonyl (C=O) groups is 1. The van der Waals surface area contributed by atoms with Gasteiger partial charge in [0, 0.05) is 12.6 Å². The van der Waals surface area contributed by atoms with E-state index in [2.05, 4.69) is 29.0 Å². The third kappa shape index (κ3) is 6.46. The van der Waals surface area contributed by atoms with Crippen LogP contribution in [0.25, 0.3) is 11.1 Å². The second kappa shape index (κ2) is 10.8. The third-order valence-corrected chi connectivity index (χ3v) is 6.79. The lowest BCUT2D eigenvalue weighted by Gasteiger charge is -2.40. The lowest BCUT2D eigenvalue weighted by Crippen LogP contribution is -2.57. The zero-order chi connectivity index (χ0) is 24.0. The molecule has 3 aromatic carbocycles. The van der Waals surface area contributed by atoms with Crippen molar-refractivity contribution in [2.24, 2.45) is 0 Å². The predicted molar refractivity (Wildman–Crippen MR) is 134 cm³/mol. The van der Waals surface area contributed by atoms with E-state index in [9.17, 15) is 13.2 Å². The van der Waals surface area contributed by atoms with Gasteiger partial charge in [-0.15, -0.1) is 0 Å². The number of nitrogens with one attached hydrogen (secondary N) is 1. The van der Waals surface area contributed by atoms with Crippen LogP contribution in [0, 0.1) is 0 Å². The quantitative estimate of drug-likeness (QED) is 0.538. The summed E-state index contributed by atoms with van der Waals surface area (Å²) in [6, 6.07) is 27.1. The van der Waals surface area contributed by atoms with Gasteiger partial charge in [-0.2, -0.15) is 0 Å². The molecule has 0 aromatic heterocycles. The first kappa shape index (κ1) is 24.0. The van der Waals surface area contributed by atoms with Gasteiger partial charge in [-0.05, 0) is 41.5 Å². The molecule has 0 spiro atoms. The third-order valence-electron chi connectivity index (χ3n) is 6.06. The Balaban J connectivity index is 1.56. The summed E-state index contributed by atoms with van der Waals surface area (Å²) in [6.07, 6.45) is 2.63. The van der Waals surface area contributed by atoms with Crippen molar-refractivity contribution in [1.82, 2.24) is 9.62 Å². The van der Waals surface area contributed by atoms with Crippen molar-refractivity contribution in [3.05, 3.63) is 96.1 Å². The first-order valence-corrected chi connectivity index (χ1v) is 13.4. The van der Waals surface area contributed by atoms with Gasteiger partial charge in [0.15, 0.2) is 0 Å². The number of rotatable bonds is 7. The van der Waals surface area contributed by atoms with Gasteiger partial charge >= 0.3 is 6.09 Å². The molecular formula is C27H30N2O4S. The summed E-state index contributed by atoms with van der Waals surface area (Å²) in [5.41, 5.74) is 4.14. The molecule has 1 aliphatic heterocycles. The van der Waals surface area contributed by atoms with Gasteiger partial charge in [-0.1, -0.05) is 84.9 Å². The number of likely N-dealkylation sites (tertiary alicyclic amines) is 1. The van der Waals surface area contributed by atoms with Gasteiger partial charge in [-0.3, -0.25) is 0 Å². The van der Waals surface area contributed by atoms with Crippen LogP contribution in [0.3, 0.4) is 0 Å². The van der Waals surface area contributed by atoms with Crippen LogP contribution in [-0.2, 0) is 27.8 Å². The topological polar surface area (TPSA) is 75.7 Å². The molecule has 1 heterocycles. The smallest absolute Gasteiger partial charge is 0.410 e. The molecule has 1 fully saturated rings.